The molecule has 2 aromatic heterocycles. The van der Waals surface area contributed by atoms with E-state index in [4.69, 9.17) is 9.84 Å². The van der Waals surface area contributed by atoms with Gasteiger partial charge < -0.3 is 10.1 Å². The van der Waals surface area contributed by atoms with Crippen LogP contribution in [0.5, 0.6) is 0 Å². The number of nitrogens with zero attached hydrogens (tertiary/aromatic N) is 4. The van der Waals surface area contributed by atoms with E-state index in [2.05, 4.69) is 21.0 Å². The molecule has 39 heavy (non-hydrogen) atoms. The zero-order chi connectivity index (χ0) is 27.7. The second-order valence-electron chi connectivity index (χ2n) is 9.31. The SMILES string of the molecule is COC(=O)[C@@H]1C[C@@H](NC(=O)Nc2c(C)c(-c3cnn(C)c3)nn2-c2ccccc2)[C@H](c2ccc(F)c(F)c2)N1. The van der Waals surface area contributed by atoms with Crippen molar-refractivity contribution in [1.29, 1.82) is 0 Å². The molecular weight excluding hydrogens is 508 g/mol. The molecule has 5 rings (SSSR count). The van der Waals surface area contributed by atoms with Crippen molar-refractivity contribution >= 4 is 17.8 Å². The first kappa shape index (κ1) is 26.0. The summed E-state index contributed by atoms with van der Waals surface area (Å²) in [6.07, 6.45) is 3.71. The molecule has 1 aliphatic heterocycles. The fraction of sp³-hybridized carbons (Fsp3) is 0.259. The van der Waals surface area contributed by atoms with Crippen molar-refractivity contribution in [2.75, 3.05) is 12.4 Å². The Morgan fingerprint density at radius 2 is 1.90 bits per heavy atom. The first-order valence-corrected chi connectivity index (χ1v) is 12.3. The maximum absolute atomic E-state index is 14.0. The highest BCUT2D eigenvalue weighted by atomic mass is 19.2. The van der Waals surface area contributed by atoms with Crippen LogP contribution in [0.3, 0.4) is 0 Å². The normalized spacial score (nSPS) is 18.6. The summed E-state index contributed by atoms with van der Waals surface area (Å²) < 4.78 is 35.7. The van der Waals surface area contributed by atoms with Gasteiger partial charge in [-0.1, -0.05) is 24.3 Å². The first-order valence-electron chi connectivity index (χ1n) is 12.3. The zero-order valence-corrected chi connectivity index (χ0v) is 21.5. The molecule has 3 N–H and O–H groups in total. The highest BCUT2D eigenvalue weighted by molar-refractivity contribution is 5.91. The van der Waals surface area contributed by atoms with Crippen LogP contribution in [0.1, 0.15) is 23.6 Å². The Bertz CT molecular complexity index is 1520. The number of benzene rings is 2. The van der Waals surface area contributed by atoms with Crippen LogP contribution in [0.15, 0.2) is 60.9 Å². The van der Waals surface area contributed by atoms with Crippen molar-refractivity contribution in [2.24, 2.45) is 7.05 Å². The van der Waals surface area contributed by atoms with Crippen LogP contribution in [0, 0.1) is 18.6 Å². The molecule has 12 heteroatoms. The number of anilines is 1. The number of ether oxygens (including phenoxy) is 1. The topological polar surface area (TPSA) is 115 Å². The molecule has 0 radical (unpaired) electrons. The summed E-state index contributed by atoms with van der Waals surface area (Å²) in [5.74, 6) is -2.09. The summed E-state index contributed by atoms with van der Waals surface area (Å²) in [7, 11) is 3.07. The van der Waals surface area contributed by atoms with Gasteiger partial charge in [0.15, 0.2) is 11.6 Å². The monoisotopic (exact) mass is 535 g/mol. The molecule has 1 aliphatic rings. The van der Waals surface area contributed by atoms with E-state index in [0.29, 0.717) is 17.1 Å². The van der Waals surface area contributed by atoms with Gasteiger partial charge in [0.1, 0.15) is 17.6 Å². The van der Waals surface area contributed by atoms with Gasteiger partial charge >= 0.3 is 12.0 Å². The predicted molar refractivity (Wildman–Crippen MR) is 139 cm³/mol. The fourth-order valence-electron chi connectivity index (χ4n) is 4.80. The standard InChI is InChI=1S/C27H27F2N7O3/c1-15-23(17-13-30-35(2)14-17)34-36(18-7-5-4-6-8-18)25(15)33-27(38)32-21-12-22(26(37)39-3)31-24(21)16-9-10-19(28)20(29)11-16/h4-11,13-14,21-22,24,31H,12H2,1-3H3,(H2,32,33,38)/t21-,22+,24+/m1/s1. The van der Waals surface area contributed by atoms with Gasteiger partial charge in [-0.3, -0.25) is 20.1 Å². The smallest absolute Gasteiger partial charge is 0.322 e. The minimum Gasteiger partial charge on any atom is -0.468 e. The van der Waals surface area contributed by atoms with Crippen LogP contribution >= 0.6 is 0 Å². The van der Waals surface area contributed by atoms with Crippen molar-refractivity contribution in [2.45, 2.75) is 31.5 Å². The molecule has 3 atom stereocenters. The van der Waals surface area contributed by atoms with E-state index in [1.165, 1.54) is 13.2 Å². The number of aromatic nitrogens is 4. The second-order valence-corrected chi connectivity index (χ2v) is 9.31. The maximum atomic E-state index is 14.0. The van der Waals surface area contributed by atoms with Crippen LogP contribution < -0.4 is 16.0 Å². The Kier molecular flexibility index (Phi) is 7.11. The van der Waals surface area contributed by atoms with E-state index < -0.39 is 41.8 Å². The van der Waals surface area contributed by atoms with Crippen LogP contribution in [-0.2, 0) is 16.6 Å². The third-order valence-corrected chi connectivity index (χ3v) is 6.71. The van der Waals surface area contributed by atoms with Crippen molar-refractivity contribution < 1.29 is 23.1 Å². The Morgan fingerprint density at radius 3 is 2.56 bits per heavy atom. The van der Waals surface area contributed by atoms with E-state index in [-0.39, 0.29) is 6.42 Å². The molecule has 1 saturated heterocycles. The number of halogens is 2. The molecule has 10 nitrogen and oxygen atoms in total. The molecule has 2 aromatic carbocycles. The molecule has 1 fully saturated rings. The highest BCUT2D eigenvalue weighted by Crippen LogP contribution is 2.32. The quantitative estimate of drug-likeness (QED) is 0.325. The number of methoxy groups -OCH3 is 1. The molecule has 2 amide bonds. The number of nitrogens with one attached hydrogen (secondary N) is 3. The lowest BCUT2D eigenvalue weighted by atomic mass is 10.00. The number of hydrogen-bond acceptors (Lipinski definition) is 6. The third kappa shape index (κ3) is 5.23. The number of hydrogen-bond donors (Lipinski definition) is 3. The van der Waals surface area contributed by atoms with Gasteiger partial charge in [0.25, 0.3) is 0 Å². The molecule has 4 aromatic rings. The predicted octanol–water partition coefficient (Wildman–Crippen LogP) is 3.63. The van der Waals surface area contributed by atoms with Crippen LogP contribution in [0.25, 0.3) is 16.9 Å². The molecule has 0 saturated carbocycles. The number of aryl methyl sites for hydroxylation is 1. The third-order valence-electron chi connectivity index (χ3n) is 6.71. The molecule has 202 valence electrons. The Morgan fingerprint density at radius 1 is 1.13 bits per heavy atom. The van der Waals surface area contributed by atoms with Crippen molar-refractivity contribution in [1.82, 2.24) is 30.2 Å². The molecule has 0 bridgehead atoms. The lowest BCUT2D eigenvalue weighted by Gasteiger charge is -2.22. The summed E-state index contributed by atoms with van der Waals surface area (Å²) in [5, 5.41) is 17.8. The van der Waals surface area contributed by atoms with Gasteiger partial charge in [-0.15, -0.1) is 0 Å². The number of esters is 1. The number of para-hydroxylation sites is 1. The van der Waals surface area contributed by atoms with Crippen LogP contribution in [0.2, 0.25) is 0 Å². The lowest BCUT2D eigenvalue weighted by molar-refractivity contribution is -0.142. The number of rotatable bonds is 6. The van der Waals surface area contributed by atoms with E-state index in [1.807, 2.05) is 43.5 Å². The summed E-state index contributed by atoms with van der Waals surface area (Å²) in [5.41, 5.74) is 3.27. The lowest BCUT2D eigenvalue weighted by Crippen LogP contribution is -2.41. The van der Waals surface area contributed by atoms with E-state index >= 15 is 0 Å². The summed E-state index contributed by atoms with van der Waals surface area (Å²) in [6, 6.07) is 10.2. The van der Waals surface area contributed by atoms with Crippen LogP contribution in [0.4, 0.5) is 19.4 Å². The van der Waals surface area contributed by atoms with Gasteiger partial charge in [-0.2, -0.15) is 10.2 Å². The molecule has 0 spiro atoms. The van der Waals surface area contributed by atoms with Crippen molar-refractivity contribution in [3.63, 3.8) is 0 Å². The largest absolute Gasteiger partial charge is 0.468 e. The minimum absolute atomic E-state index is 0.182. The number of amides is 2. The fourth-order valence-corrected chi connectivity index (χ4v) is 4.80. The first-order chi connectivity index (χ1) is 18.7. The van der Waals surface area contributed by atoms with Crippen molar-refractivity contribution in [3.8, 4) is 16.9 Å². The average molecular weight is 536 g/mol. The van der Waals surface area contributed by atoms with Gasteiger partial charge in [-0.25, -0.2) is 18.3 Å². The van der Waals surface area contributed by atoms with Gasteiger partial charge in [-0.05, 0) is 43.2 Å². The average Bonchev–Trinajstić information content (AvgIpc) is 3.63. The number of carbonyl (C=O) groups excluding carboxylic acids is 2. The highest BCUT2D eigenvalue weighted by Gasteiger charge is 2.40. The Labute approximate surface area is 223 Å². The second kappa shape index (κ2) is 10.7. The number of carbonyl (C=O) groups is 2. The van der Waals surface area contributed by atoms with Gasteiger partial charge in [0.05, 0.1) is 31.1 Å². The minimum atomic E-state index is -1.02. The summed E-state index contributed by atoms with van der Waals surface area (Å²) in [6.45, 7) is 1.85. The zero-order valence-electron chi connectivity index (χ0n) is 21.5. The molecule has 0 unspecified atom stereocenters. The molecule has 3 heterocycles. The van der Waals surface area contributed by atoms with Crippen molar-refractivity contribution in [3.05, 3.63) is 83.7 Å². The summed E-state index contributed by atoms with van der Waals surface area (Å²) >= 11 is 0. The molecular formula is C27H27F2N7O3. The number of urea groups is 1. The van der Waals surface area contributed by atoms with Gasteiger partial charge in [0, 0.05) is 24.4 Å². The summed E-state index contributed by atoms with van der Waals surface area (Å²) in [4.78, 5) is 25.6. The van der Waals surface area contributed by atoms with Crippen LogP contribution in [-0.4, -0.2) is 50.8 Å². The van der Waals surface area contributed by atoms with E-state index in [0.717, 1.165) is 28.9 Å². The van der Waals surface area contributed by atoms with E-state index in [9.17, 15) is 18.4 Å². The maximum Gasteiger partial charge on any atom is 0.322 e. The molecule has 0 aliphatic carbocycles. The van der Waals surface area contributed by atoms with Gasteiger partial charge in [0.2, 0.25) is 0 Å². The Hall–Kier alpha value is -4.58. The Balaban J connectivity index is 1.44. The van der Waals surface area contributed by atoms with E-state index in [1.54, 1.807) is 22.6 Å².